The Balaban J connectivity index is 2.02. The Hall–Kier alpha value is -1.69. The van der Waals surface area contributed by atoms with Gasteiger partial charge in [0, 0.05) is 23.1 Å². The lowest BCUT2D eigenvalue weighted by atomic mass is 10.0. The Morgan fingerprint density at radius 3 is 2.45 bits per heavy atom. The summed E-state index contributed by atoms with van der Waals surface area (Å²) in [6.45, 7) is 8.33. The van der Waals surface area contributed by atoms with E-state index in [1.165, 1.54) is 17.4 Å². The normalized spacial score (nSPS) is 20.0. The monoisotopic (exact) mass is 294 g/mol. The van der Waals surface area contributed by atoms with Crippen LogP contribution in [0.25, 0.3) is 6.08 Å². The van der Waals surface area contributed by atoms with Crippen molar-refractivity contribution in [2.75, 3.05) is 5.32 Å². The SMILES string of the molecule is CC1(C)C(C(=O)Nc2ncc(C=CC(=O)O)s2)C1(C)C. The molecule has 0 radical (unpaired) electrons. The second-order valence-corrected chi connectivity index (χ2v) is 7.17. The van der Waals surface area contributed by atoms with E-state index in [0.717, 1.165) is 6.08 Å². The fourth-order valence-electron chi connectivity index (χ4n) is 2.60. The van der Waals surface area contributed by atoms with Gasteiger partial charge in [-0.25, -0.2) is 9.78 Å². The largest absolute Gasteiger partial charge is 0.478 e. The summed E-state index contributed by atoms with van der Waals surface area (Å²) in [5, 5.41) is 11.9. The highest BCUT2D eigenvalue weighted by Crippen LogP contribution is 2.68. The molecule has 0 aliphatic heterocycles. The van der Waals surface area contributed by atoms with E-state index in [4.69, 9.17) is 5.11 Å². The molecule has 1 heterocycles. The summed E-state index contributed by atoms with van der Waals surface area (Å²) >= 11 is 1.26. The van der Waals surface area contributed by atoms with Crippen LogP contribution in [0.1, 0.15) is 32.6 Å². The average Bonchev–Trinajstić information content (AvgIpc) is 2.65. The number of aliphatic carboxylic acids is 1. The van der Waals surface area contributed by atoms with Crippen molar-refractivity contribution in [1.82, 2.24) is 4.98 Å². The number of anilines is 1. The van der Waals surface area contributed by atoms with Crippen molar-refractivity contribution in [3.05, 3.63) is 17.2 Å². The predicted octanol–water partition coefficient (Wildman–Crippen LogP) is 2.86. The molecule has 1 saturated carbocycles. The van der Waals surface area contributed by atoms with Crippen LogP contribution in [-0.4, -0.2) is 22.0 Å². The van der Waals surface area contributed by atoms with Crippen molar-refractivity contribution < 1.29 is 14.7 Å². The van der Waals surface area contributed by atoms with Gasteiger partial charge in [-0.15, -0.1) is 0 Å². The highest BCUT2D eigenvalue weighted by atomic mass is 32.1. The van der Waals surface area contributed by atoms with Crippen LogP contribution in [0.5, 0.6) is 0 Å². The summed E-state index contributed by atoms with van der Waals surface area (Å²) in [6.07, 6.45) is 4.05. The third-order valence-corrected chi connectivity index (χ3v) is 5.30. The molecule has 1 aromatic rings. The molecular formula is C14H18N2O3S. The van der Waals surface area contributed by atoms with Gasteiger partial charge >= 0.3 is 5.97 Å². The zero-order valence-corrected chi connectivity index (χ0v) is 12.7. The van der Waals surface area contributed by atoms with Crippen molar-refractivity contribution in [2.45, 2.75) is 27.7 Å². The first-order chi connectivity index (χ1) is 9.16. The van der Waals surface area contributed by atoms with Crippen molar-refractivity contribution in [2.24, 2.45) is 16.7 Å². The Bertz CT molecular complexity index is 573. The van der Waals surface area contributed by atoms with Crippen LogP contribution in [-0.2, 0) is 9.59 Å². The lowest BCUT2D eigenvalue weighted by Gasteiger charge is -2.03. The van der Waals surface area contributed by atoms with Crippen LogP contribution < -0.4 is 5.32 Å². The zero-order chi connectivity index (χ0) is 15.1. The minimum Gasteiger partial charge on any atom is -0.478 e. The Labute approximate surface area is 121 Å². The number of carboxylic acid groups (broad SMARTS) is 1. The quantitative estimate of drug-likeness (QED) is 0.837. The second kappa shape index (κ2) is 4.70. The molecule has 0 aromatic carbocycles. The van der Waals surface area contributed by atoms with E-state index in [-0.39, 0.29) is 22.7 Å². The van der Waals surface area contributed by atoms with E-state index >= 15 is 0 Å². The topological polar surface area (TPSA) is 79.3 Å². The standard InChI is InChI=1S/C14H18N2O3S/c1-13(2)10(14(13,3)4)11(19)16-12-15-7-8(20-12)5-6-9(17)18/h5-7,10H,1-4H3,(H,17,18)(H,15,16,19). The van der Waals surface area contributed by atoms with Crippen molar-refractivity contribution >= 4 is 34.4 Å². The second-order valence-electron chi connectivity index (χ2n) is 6.10. The van der Waals surface area contributed by atoms with Crippen LogP contribution in [0.4, 0.5) is 5.13 Å². The molecule has 1 aliphatic carbocycles. The van der Waals surface area contributed by atoms with Crippen LogP contribution in [0.2, 0.25) is 0 Å². The first-order valence-corrected chi connectivity index (χ1v) is 7.15. The fraction of sp³-hybridized carbons (Fsp3) is 0.500. The number of hydrogen-bond acceptors (Lipinski definition) is 4. The number of aromatic nitrogens is 1. The smallest absolute Gasteiger partial charge is 0.328 e. The van der Waals surface area contributed by atoms with Crippen LogP contribution in [0.15, 0.2) is 12.3 Å². The minimum absolute atomic E-state index is 0.0135. The predicted molar refractivity (Wildman–Crippen MR) is 78.5 cm³/mol. The molecule has 1 amide bonds. The maximum atomic E-state index is 12.2. The van der Waals surface area contributed by atoms with E-state index in [1.807, 2.05) is 0 Å². The highest BCUT2D eigenvalue weighted by molar-refractivity contribution is 7.16. The molecular weight excluding hydrogens is 276 g/mol. The molecule has 6 heteroatoms. The number of carbonyl (C=O) groups is 2. The molecule has 0 spiro atoms. The van der Waals surface area contributed by atoms with Gasteiger partial charge in [0.05, 0.1) is 0 Å². The van der Waals surface area contributed by atoms with Crippen molar-refractivity contribution in [1.29, 1.82) is 0 Å². The van der Waals surface area contributed by atoms with Gasteiger partial charge < -0.3 is 10.4 Å². The van der Waals surface area contributed by atoms with Crippen molar-refractivity contribution in [3.63, 3.8) is 0 Å². The summed E-state index contributed by atoms with van der Waals surface area (Å²) in [6, 6.07) is 0. The molecule has 2 N–H and O–H groups in total. The van der Waals surface area contributed by atoms with Gasteiger partial charge in [0.2, 0.25) is 5.91 Å². The molecule has 0 saturated heterocycles. The van der Waals surface area contributed by atoms with Gasteiger partial charge in [-0.3, -0.25) is 4.79 Å². The Morgan fingerprint density at radius 2 is 1.95 bits per heavy atom. The number of rotatable bonds is 4. The first-order valence-electron chi connectivity index (χ1n) is 6.34. The van der Waals surface area contributed by atoms with Crippen LogP contribution in [0.3, 0.4) is 0 Å². The molecule has 5 nitrogen and oxygen atoms in total. The van der Waals surface area contributed by atoms with E-state index in [2.05, 4.69) is 38.0 Å². The van der Waals surface area contributed by atoms with Gasteiger partial charge in [-0.2, -0.15) is 0 Å². The number of nitrogens with one attached hydrogen (secondary N) is 1. The molecule has 20 heavy (non-hydrogen) atoms. The minimum atomic E-state index is -1.01. The third kappa shape index (κ3) is 2.47. The van der Waals surface area contributed by atoms with Gasteiger partial charge in [-0.1, -0.05) is 39.0 Å². The van der Waals surface area contributed by atoms with E-state index in [0.29, 0.717) is 10.0 Å². The molecule has 0 bridgehead atoms. The third-order valence-electron chi connectivity index (χ3n) is 4.43. The number of hydrogen-bond donors (Lipinski definition) is 2. The number of nitrogens with zero attached hydrogens (tertiary/aromatic N) is 1. The zero-order valence-electron chi connectivity index (χ0n) is 11.9. The summed E-state index contributed by atoms with van der Waals surface area (Å²) < 4.78 is 0. The van der Waals surface area contributed by atoms with Gasteiger partial charge in [0.25, 0.3) is 0 Å². The van der Waals surface area contributed by atoms with E-state index < -0.39 is 5.97 Å². The Morgan fingerprint density at radius 1 is 1.35 bits per heavy atom. The molecule has 0 atom stereocenters. The number of carbonyl (C=O) groups excluding carboxylic acids is 1. The number of thiazole rings is 1. The van der Waals surface area contributed by atoms with Crippen LogP contribution >= 0.6 is 11.3 Å². The highest BCUT2D eigenvalue weighted by Gasteiger charge is 2.68. The lowest BCUT2D eigenvalue weighted by molar-refractivity contribution is -0.131. The fourth-order valence-corrected chi connectivity index (χ4v) is 3.33. The number of carboxylic acids is 1. The molecule has 1 fully saturated rings. The Kier molecular flexibility index (Phi) is 3.46. The molecule has 2 rings (SSSR count). The van der Waals surface area contributed by atoms with Crippen LogP contribution in [0, 0.1) is 16.7 Å². The molecule has 108 valence electrons. The molecule has 0 unspecified atom stereocenters. The molecule has 1 aliphatic rings. The summed E-state index contributed by atoms with van der Waals surface area (Å²) in [7, 11) is 0. The number of amides is 1. The summed E-state index contributed by atoms with van der Waals surface area (Å²) in [4.78, 5) is 27.4. The maximum absolute atomic E-state index is 12.2. The van der Waals surface area contributed by atoms with Gasteiger partial charge in [-0.05, 0) is 16.9 Å². The lowest BCUT2D eigenvalue weighted by Crippen LogP contribution is -2.17. The molecule has 1 aromatic heterocycles. The first kappa shape index (κ1) is 14.7. The van der Waals surface area contributed by atoms with Crippen molar-refractivity contribution in [3.8, 4) is 0 Å². The average molecular weight is 294 g/mol. The van der Waals surface area contributed by atoms with E-state index in [9.17, 15) is 9.59 Å². The summed E-state index contributed by atoms with van der Waals surface area (Å²) in [5.74, 6) is -1.06. The summed E-state index contributed by atoms with van der Waals surface area (Å²) in [5.41, 5.74) is -0.0270. The van der Waals surface area contributed by atoms with Gasteiger partial charge in [0.1, 0.15) is 0 Å². The maximum Gasteiger partial charge on any atom is 0.328 e. The van der Waals surface area contributed by atoms with Gasteiger partial charge in [0.15, 0.2) is 5.13 Å². The van der Waals surface area contributed by atoms with E-state index in [1.54, 1.807) is 6.20 Å².